The number of oxime groups is 1. The molecule has 0 radical (unpaired) electrons. The van der Waals surface area contributed by atoms with Crippen molar-refractivity contribution in [1.82, 2.24) is 34.7 Å². The van der Waals surface area contributed by atoms with Gasteiger partial charge >= 0.3 is 28.2 Å². The van der Waals surface area contributed by atoms with Crippen LogP contribution in [-0.4, -0.2) is 116 Å². The normalized spacial score (nSPS) is 16.5. The van der Waals surface area contributed by atoms with E-state index in [-0.39, 0.29) is 26.1 Å². The topological polar surface area (TPSA) is 334 Å². The van der Waals surface area contributed by atoms with Gasteiger partial charge in [0.05, 0.1) is 25.0 Å². The van der Waals surface area contributed by atoms with Crippen LogP contribution in [0.3, 0.4) is 0 Å². The molecule has 2 aliphatic rings. The van der Waals surface area contributed by atoms with Crippen molar-refractivity contribution < 1.29 is 61.8 Å². The minimum atomic E-state index is -4.97. The maximum atomic E-state index is 13.0. The van der Waals surface area contributed by atoms with Gasteiger partial charge in [0.25, 0.3) is 17.7 Å². The number of carbonyl (C=O) groups excluding carboxylic acids is 5. The van der Waals surface area contributed by atoms with Gasteiger partial charge in [0.1, 0.15) is 29.1 Å². The number of carbonyl (C=O) groups is 6. The number of aromatic nitrogens is 1. The Morgan fingerprint density at radius 2 is 1.82 bits per heavy atom. The molecule has 2 aromatic heterocycles. The molecule has 8 N–H and O–H groups in total. The Labute approximate surface area is 288 Å². The molecule has 1 aromatic carbocycles. The number of hydrogen-bond donors (Lipinski definition) is 7. The third-order valence-electron chi connectivity index (χ3n) is 7.17. The third kappa shape index (κ3) is 6.99. The number of phenolic OH excluding ortho intramolecular Hbond substituents is 2. The highest BCUT2D eigenvalue weighted by molar-refractivity contribution is 7.88. The highest BCUT2D eigenvalue weighted by atomic mass is 32.2. The second kappa shape index (κ2) is 13.1. The number of aromatic hydroxyl groups is 2. The Bertz CT molecular complexity index is 2210. The van der Waals surface area contributed by atoms with Crippen LogP contribution in [-0.2, 0) is 29.4 Å². The minimum absolute atomic E-state index is 0.0238. The van der Waals surface area contributed by atoms with Crippen LogP contribution in [0.15, 0.2) is 38.1 Å². The Balaban J connectivity index is 1.19. The Hall–Kier alpha value is -6.50. The number of nitrogens with one attached hydrogen (secondary N) is 3. The van der Waals surface area contributed by atoms with Crippen molar-refractivity contribution in [3.8, 4) is 11.5 Å². The van der Waals surface area contributed by atoms with E-state index in [2.05, 4.69) is 15.5 Å². The van der Waals surface area contributed by atoms with E-state index >= 15 is 0 Å². The highest BCUT2D eigenvalue weighted by Crippen LogP contribution is 2.29. The molecule has 3 aromatic rings. The summed E-state index contributed by atoms with van der Waals surface area (Å²) >= 11 is 0.919. The number of amides is 7. The Morgan fingerprint density at radius 1 is 1.14 bits per heavy atom. The van der Waals surface area contributed by atoms with Gasteiger partial charge in [-0.15, -0.1) is 11.3 Å². The van der Waals surface area contributed by atoms with Crippen LogP contribution >= 0.6 is 11.3 Å². The van der Waals surface area contributed by atoms with E-state index in [9.17, 15) is 57.3 Å². The average Bonchev–Trinajstić information content (AvgIpc) is 3.64. The fraction of sp³-hybridized carbons (Fsp3) is 0.269. The van der Waals surface area contributed by atoms with Crippen molar-refractivity contribution in [3.05, 3.63) is 45.3 Å². The van der Waals surface area contributed by atoms with Gasteiger partial charge in [-0.3, -0.25) is 29.5 Å². The predicted molar refractivity (Wildman–Crippen MR) is 169 cm³/mol. The molecular weight excluding hydrogens is 726 g/mol. The van der Waals surface area contributed by atoms with Crippen LogP contribution in [0.5, 0.6) is 11.5 Å². The SMILES string of the molecule is CC(C)(ON=C(C(=O)N[C@H]1CN(C(=O)NS(=O)(=O)N2CCN(NC(=O)c3coc4cc(O)c(O)cc4c3=O)C2=O)C1=O)c1csc(N)n1)C(=O)O. The van der Waals surface area contributed by atoms with Crippen LogP contribution in [0.25, 0.3) is 11.0 Å². The number of nitrogen functional groups attached to an aromatic ring is 1. The standard InChI is InChI=1S/C26H25N9O14S2/c1-26(2,22(42)43)49-31-17(13-9-50-23(27)29-13)20(40)28-12-7-33(21(12)41)24(44)32-51(46,47)35-4-3-34(25(35)45)30-19(39)11-8-48-16-6-15(37)14(36)5-10(16)18(11)38/h5-6,8-9,12,36-37H,3-4,7H2,1-2H3,(H2,27,29)(H,28,40)(H,30,39)(H,32,44)(H,42,43)/t12-/m0/s1. The number of urea groups is 2. The molecule has 25 heteroatoms. The number of phenols is 2. The van der Waals surface area contributed by atoms with Gasteiger partial charge < -0.3 is 35.6 Å². The maximum Gasteiger partial charge on any atom is 0.353 e. The number of likely N-dealkylation sites (tertiary alicyclic amines) is 1. The monoisotopic (exact) mass is 751 g/mol. The Kier molecular flexibility index (Phi) is 9.18. The first-order valence-electron chi connectivity index (χ1n) is 14.1. The summed E-state index contributed by atoms with van der Waals surface area (Å²) in [6.07, 6.45) is 0.724. The van der Waals surface area contributed by atoms with Gasteiger partial charge in [0.15, 0.2) is 22.3 Å². The molecule has 0 spiro atoms. The van der Waals surface area contributed by atoms with E-state index in [4.69, 9.17) is 15.0 Å². The van der Waals surface area contributed by atoms with Crippen molar-refractivity contribution >= 4 is 79.1 Å². The lowest BCUT2D eigenvalue weighted by Gasteiger charge is -2.36. The van der Waals surface area contributed by atoms with E-state index in [1.807, 2.05) is 5.43 Å². The van der Waals surface area contributed by atoms with Crippen molar-refractivity contribution in [2.75, 3.05) is 25.4 Å². The zero-order valence-corrected chi connectivity index (χ0v) is 27.6. The lowest BCUT2D eigenvalue weighted by atomic mass is 10.1. The molecule has 0 bridgehead atoms. The van der Waals surface area contributed by atoms with Gasteiger partial charge in [0.2, 0.25) is 11.0 Å². The summed E-state index contributed by atoms with van der Waals surface area (Å²) in [7, 11) is -4.97. The minimum Gasteiger partial charge on any atom is -0.504 e. The Morgan fingerprint density at radius 3 is 2.45 bits per heavy atom. The molecule has 1 atom stereocenters. The summed E-state index contributed by atoms with van der Waals surface area (Å²) < 4.78 is 32.7. The molecule has 2 saturated heterocycles. The molecule has 0 unspecified atom stereocenters. The molecule has 2 aliphatic heterocycles. The fourth-order valence-corrected chi connectivity index (χ4v) is 5.92. The van der Waals surface area contributed by atoms with E-state index in [1.54, 1.807) is 0 Å². The van der Waals surface area contributed by atoms with Crippen molar-refractivity contribution in [2.24, 2.45) is 5.16 Å². The predicted octanol–water partition coefficient (Wildman–Crippen LogP) is -1.81. The lowest BCUT2D eigenvalue weighted by molar-refractivity contribution is -0.161. The van der Waals surface area contributed by atoms with Crippen molar-refractivity contribution in [2.45, 2.75) is 25.5 Å². The van der Waals surface area contributed by atoms with E-state index in [0.29, 0.717) is 9.91 Å². The zero-order chi connectivity index (χ0) is 37.6. The number of rotatable bonds is 10. The summed E-state index contributed by atoms with van der Waals surface area (Å²) in [4.78, 5) is 97.4. The van der Waals surface area contributed by atoms with Crippen molar-refractivity contribution in [1.29, 1.82) is 0 Å². The first-order valence-corrected chi connectivity index (χ1v) is 16.4. The molecule has 0 saturated carbocycles. The van der Waals surface area contributed by atoms with Crippen LogP contribution in [0.1, 0.15) is 29.9 Å². The zero-order valence-electron chi connectivity index (χ0n) is 26.0. The summed E-state index contributed by atoms with van der Waals surface area (Å²) in [6, 6.07) is -2.42. The van der Waals surface area contributed by atoms with E-state index in [0.717, 1.165) is 43.6 Å². The number of benzene rings is 1. The molecular formula is C26H25N9O14S2. The summed E-state index contributed by atoms with van der Waals surface area (Å²) in [6.45, 7) is 0.743. The average molecular weight is 752 g/mol. The molecule has 2 fully saturated rings. The highest BCUT2D eigenvalue weighted by Gasteiger charge is 2.46. The van der Waals surface area contributed by atoms with Crippen LogP contribution in [0.4, 0.5) is 14.7 Å². The number of imide groups is 1. The molecule has 51 heavy (non-hydrogen) atoms. The second-order valence-electron chi connectivity index (χ2n) is 11.1. The first-order chi connectivity index (χ1) is 23.8. The number of nitrogens with zero attached hydrogens (tertiary/aromatic N) is 5. The second-order valence-corrected chi connectivity index (χ2v) is 13.6. The van der Waals surface area contributed by atoms with Gasteiger partial charge in [-0.1, -0.05) is 5.16 Å². The van der Waals surface area contributed by atoms with Gasteiger partial charge in [-0.2, -0.15) is 8.42 Å². The number of hydrogen-bond acceptors (Lipinski definition) is 17. The van der Waals surface area contributed by atoms with E-state index < -0.39 is 105 Å². The van der Waals surface area contributed by atoms with Gasteiger partial charge in [-0.25, -0.2) is 33.4 Å². The number of carboxylic acids is 1. The van der Waals surface area contributed by atoms with Crippen LogP contribution < -0.4 is 26.6 Å². The number of fused-ring (bicyclic) bond motifs is 1. The maximum absolute atomic E-state index is 13.0. The first kappa shape index (κ1) is 35.8. The van der Waals surface area contributed by atoms with Crippen LogP contribution in [0.2, 0.25) is 0 Å². The summed E-state index contributed by atoms with van der Waals surface area (Å²) in [5.74, 6) is -6.01. The van der Waals surface area contributed by atoms with Gasteiger partial charge in [0, 0.05) is 11.4 Å². The number of nitrogens with two attached hydrogens (primary N) is 1. The molecule has 5 rings (SSSR count). The number of anilines is 1. The largest absolute Gasteiger partial charge is 0.504 e. The molecule has 7 amide bonds. The fourth-order valence-electron chi connectivity index (χ4n) is 4.30. The number of carboxylic acid groups (broad SMARTS) is 1. The molecule has 4 heterocycles. The summed E-state index contributed by atoms with van der Waals surface area (Å²) in [5.41, 5.74) is 3.34. The molecule has 0 aliphatic carbocycles. The summed E-state index contributed by atoms with van der Waals surface area (Å²) in [5, 5.41) is 35.9. The van der Waals surface area contributed by atoms with E-state index in [1.165, 1.54) is 10.1 Å². The molecule has 23 nitrogen and oxygen atoms in total. The number of β-lactam (4-membered cyclic amide) rings is 1. The third-order valence-corrected chi connectivity index (χ3v) is 9.19. The number of aliphatic carboxylic acids is 1. The quantitative estimate of drug-likeness (QED) is 0.0519. The van der Waals surface area contributed by atoms with Crippen LogP contribution in [0, 0.1) is 0 Å². The lowest BCUT2D eigenvalue weighted by Crippen LogP contribution is -2.68. The number of thiazole rings is 1. The van der Waals surface area contributed by atoms with Crippen molar-refractivity contribution in [3.63, 3.8) is 0 Å². The number of hydrazine groups is 1. The van der Waals surface area contributed by atoms with Gasteiger partial charge in [-0.05, 0) is 19.9 Å². The smallest absolute Gasteiger partial charge is 0.353 e. The molecule has 270 valence electrons.